The first-order valence-electron chi connectivity index (χ1n) is 6.72. The van der Waals surface area contributed by atoms with Crippen molar-refractivity contribution in [3.05, 3.63) is 23.7 Å². The third kappa shape index (κ3) is 3.00. The molecule has 0 unspecified atom stereocenters. The SMILES string of the molecule is CN1CCN(c2nccc(/C=C3/NC(=O)NC3=O)n2)CC1. The Morgan fingerprint density at radius 2 is 1.95 bits per heavy atom. The van der Waals surface area contributed by atoms with Gasteiger partial charge in [0.15, 0.2) is 0 Å². The molecule has 3 heterocycles. The summed E-state index contributed by atoms with van der Waals surface area (Å²) >= 11 is 0. The maximum atomic E-state index is 11.5. The van der Waals surface area contributed by atoms with E-state index in [0.717, 1.165) is 26.2 Å². The smallest absolute Gasteiger partial charge is 0.326 e. The van der Waals surface area contributed by atoms with Gasteiger partial charge in [-0.3, -0.25) is 10.1 Å². The molecule has 0 aromatic carbocycles. The zero-order chi connectivity index (χ0) is 14.8. The van der Waals surface area contributed by atoms with Crippen LogP contribution in [-0.2, 0) is 4.79 Å². The van der Waals surface area contributed by atoms with Crippen LogP contribution in [0.25, 0.3) is 6.08 Å². The number of nitrogens with zero attached hydrogens (tertiary/aromatic N) is 4. The highest BCUT2D eigenvalue weighted by molar-refractivity contribution is 6.13. The Hall–Kier alpha value is -2.48. The number of carbonyl (C=O) groups excluding carboxylic acids is 2. The van der Waals surface area contributed by atoms with Crippen LogP contribution in [-0.4, -0.2) is 60.0 Å². The highest BCUT2D eigenvalue weighted by atomic mass is 16.2. The number of anilines is 1. The van der Waals surface area contributed by atoms with Gasteiger partial charge >= 0.3 is 6.03 Å². The highest BCUT2D eigenvalue weighted by Crippen LogP contribution is 2.12. The zero-order valence-electron chi connectivity index (χ0n) is 11.7. The molecule has 2 fully saturated rings. The van der Waals surface area contributed by atoms with E-state index < -0.39 is 11.9 Å². The van der Waals surface area contributed by atoms with Crippen LogP contribution in [0.2, 0.25) is 0 Å². The molecule has 0 bridgehead atoms. The van der Waals surface area contributed by atoms with Crippen molar-refractivity contribution in [2.75, 3.05) is 38.1 Å². The van der Waals surface area contributed by atoms with E-state index >= 15 is 0 Å². The molecule has 0 saturated carbocycles. The van der Waals surface area contributed by atoms with E-state index in [2.05, 4.69) is 37.4 Å². The van der Waals surface area contributed by atoms with Gasteiger partial charge in [-0.15, -0.1) is 0 Å². The van der Waals surface area contributed by atoms with Crippen LogP contribution in [0.3, 0.4) is 0 Å². The van der Waals surface area contributed by atoms with Gasteiger partial charge in [-0.25, -0.2) is 14.8 Å². The van der Waals surface area contributed by atoms with Crippen LogP contribution in [0, 0.1) is 0 Å². The standard InChI is InChI=1S/C13H16N6O2/c1-18-4-6-19(7-5-18)12-14-3-2-9(15-12)8-10-11(20)17-13(21)16-10/h2-3,8H,4-7H2,1H3,(H2,16,17,20,21)/b10-8+. The van der Waals surface area contributed by atoms with Crippen LogP contribution in [0.5, 0.6) is 0 Å². The number of likely N-dealkylation sites (N-methyl/N-ethyl adjacent to an activating group) is 1. The Balaban J connectivity index is 1.79. The quantitative estimate of drug-likeness (QED) is 0.558. The summed E-state index contributed by atoms with van der Waals surface area (Å²) in [6, 6.07) is 1.18. The number of imide groups is 1. The molecule has 8 nitrogen and oxygen atoms in total. The minimum absolute atomic E-state index is 0.197. The highest BCUT2D eigenvalue weighted by Gasteiger charge is 2.23. The molecule has 2 aliphatic rings. The van der Waals surface area contributed by atoms with Gasteiger partial charge in [-0.05, 0) is 19.2 Å². The first kappa shape index (κ1) is 13.5. The van der Waals surface area contributed by atoms with E-state index in [1.54, 1.807) is 18.3 Å². The van der Waals surface area contributed by atoms with Crippen molar-refractivity contribution in [1.29, 1.82) is 0 Å². The van der Waals surface area contributed by atoms with Gasteiger partial charge in [0.2, 0.25) is 5.95 Å². The number of hydrogen-bond acceptors (Lipinski definition) is 6. The molecule has 2 saturated heterocycles. The molecule has 0 spiro atoms. The van der Waals surface area contributed by atoms with E-state index in [1.165, 1.54) is 0 Å². The van der Waals surface area contributed by atoms with Gasteiger partial charge in [0.05, 0.1) is 5.69 Å². The summed E-state index contributed by atoms with van der Waals surface area (Å²) in [5.74, 6) is 0.196. The second-order valence-electron chi connectivity index (χ2n) is 5.04. The molecule has 0 radical (unpaired) electrons. The third-order valence-electron chi connectivity index (χ3n) is 3.46. The summed E-state index contributed by atoms with van der Waals surface area (Å²) in [5, 5.41) is 4.59. The van der Waals surface area contributed by atoms with Crippen LogP contribution in [0.4, 0.5) is 10.7 Å². The Morgan fingerprint density at radius 1 is 1.19 bits per heavy atom. The van der Waals surface area contributed by atoms with Crippen molar-refractivity contribution in [1.82, 2.24) is 25.5 Å². The van der Waals surface area contributed by atoms with Crippen molar-refractivity contribution in [3.63, 3.8) is 0 Å². The molecule has 110 valence electrons. The van der Waals surface area contributed by atoms with Crippen LogP contribution in [0.15, 0.2) is 18.0 Å². The predicted octanol–water partition coefficient (Wildman–Crippen LogP) is -0.591. The molecule has 8 heteroatoms. The monoisotopic (exact) mass is 288 g/mol. The lowest BCUT2D eigenvalue weighted by Crippen LogP contribution is -2.45. The Kier molecular flexibility index (Phi) is 3.53. The summed E-state index contributed by atoms with van der Waals surface area (Å²) in [6.07, 6.45) is 3.20. The van der Waals surface area contributed by atoms with Crippen molar-refractivity contribution in [2.45, 2.75) is 0 Å². The van der Waals surface area contributed by atoms with E-state index in [4.69, 9.17) is 0 Å². The summed E-state index contributed by atoms with van der Waals surface area (Å²) < 4.78 is 0. The van der Waals surface area contributed by atoms with Gasteiger partial charge in [-0.1, -0.05) is 0 Å². The maximum absolute atomic E-state index is 11.5. The molecule has 1 aromatic heterocycles. The summed E-state index contributed by atoms with van der Waals surface area (Å²) in [4.78, 5) is 35.6. The van der Waals surface area contributed by atoms with E-state index in [9.17, 15) is 9.59 Å². The second kappa shape index (κ2) is 5.49. The fourth-order valence-electron chi connectivity index (χ4n) is 2.23. The van der Waals surface area contributed by atoms with Crippen molar-refractivity contribution < 1.29 is 9.59 Å². The predicted molar refractivity (Wildman–Crippen MR) is 76.4 cm³/mol. The lowest BCUT2D eigenvalue weighted by atomic mass is 10.3. The molecule has 21 heavy (non-hydrogen) atoms. The average Bonchev–Trinajstić information content (AvgIpc) is 2.78. The van der Waals surface area contributed by atoms with Crippen LogP contribution in [0.1, 0.15) is 5.69 Å². The minimum atomic E-state index is -0.514. The van der Waals surface area contributed by atoms with E-state index in [1.807, 2.05) is 0 Å². The number of urea groups is 1. The van der Waals surface area contributed by atoms with E-state index in [0.29, 0.717) is 11.6 Å². The summed E-state index contributed by atoms with van der Waals surface area (Å²) in [6.45, 7) is 3.67. The molecule has 2 aliphatic heterocycles. The lowest BCUT2D eigenvalue weighted by molar-refractivity contribution is -0.115. The normalized spacial score (nSPS) is 21.6. The zero-order valence-corrected chi connectivity index (χ0v) is 11.7. The number of rotatable bonds is 2. The molecule has 2 N–H and O–H groups in total. The summed E-state index contributed by atoms with van der Waals surface area (Å²) in [7, 11) is 2.08. The van der Waals surface area contributed by atoms with Crippen molar-refractivity contribution in [3.8, 4) is 0 Å². The molecular formula is C13H16N6O2. The fraction of sp³-hybridized carbons (Fsp3) is 0.385. The number of carbonyl (C=O) groups is 2. The topological polar surface area (TPSA) is 90.5 Å². The van der Waals surface area contributed by atoms with Crippen LogP contribution >= 0.6 is 0 Å². The number of amides is 3. The molecular weight excluding hydrogens is 272 g/mol. The van der Waals surface area contributed by atoms with Gasteiger partial charge in [0.1, 0.15) is 5.70 Å². The molecule has 0 aliphatic carbocycles. The lowest BCUT2D eigenvalue weighted by Gasteiger charge is -2.32. The molecule has 0 atom stereocenters. The fourth-order valence-corrected chi connectivity index (χ4v) is 2.23. The van der Waals surface area contributed by atoms with Gasteiger partial charge in [-0.2, -0.15) is 0 Å². The third-order valence-corrected chi connectivity index (χ3v) is 3.46. The molecule has 1 aromatic rings. The first-order valence-corrected chi connectivity index (χ1v) is 6.72. The Morgan fingerprint density at radius 3 is 2.62 bits per heavy atom. The largest absolute Gasteiger partial charge is 0.338 e. The minimum Gasteiger partial charge on any atom is -0.338 e. The second-order valence-corrected chi connectivity index (χ2v) is 5.04. The number of hydrogen-bond donors (Lipinski definition) is 2. The molecule has 3 rings (SSSR count). The maximum Gasteiger partial charge on any atom is 0.326 e. The van der Waals surface area contributed by atoms with E-state index in [-0.39, 0.29) is 5.70 Å². The van der Waals surface area contributed by atoms with Gasteiger partial charge < -0.3 is 15.1 Å². The first-order chi connectivity index (χ1) is 10.1. The number of piperazine rings is 1. The van der Waals surface area contributed by atoms with Crippen molar-refractivity contribution >= 4 is 24.0 Å². The van der Waals surface area contributed by atoms with Crippen LogP contribution < -0.4 is 15.5 Å². The average molecular weight is 288 g/mol. The molecule has 3 amide bonds. The number of aromatic nitrogens is 2. The Bertz CT molecular complexity index is 606. The Labute approximate surface area is 121 Å². The van der Waals surface area contributed by atoms with Crippen molar-refractivity contribution in [2.24, 2.45) is 0 Å². The van der Waals surface area contributed by atoms with Gasteiger partial charge in [0, 0.05) is 32.4 Å². The summed E-state index contributed by atoms with van der Waals surface area (Å²) in [5.41, 5.74) is 0.786. The number of nitrogens with one attached hydrogen (secondary N) is 2. The van der Waals surface area contributed by atoms with Gasteiger partial charge in [0.25, 0.3) is 5.91 Å².